The van der Waals surface area contributed by atoms with Crippen LogP contribution >= 0.6 is 0 Å². The molecule has 6 rings (SSSR count). The summed E-state index contributed by atoms with van der Waals surface area (Å²) >= 11 is 0. The Morgan fingerprint density at radius 3 is 1.31 bits per heavy atom. The third-order valence-corrected chi connectivity index (χ3v) is 7.44. The highest BCUT2D eigenvalue weighted by Crippen LogP contribution is 2.32. The number of rotatable bonds is 9. The van der Waals surface area contributed by atoms with Gasteiger partial charge >= 0.3 is 0 Å². The monoisotopic (exact) mass is 548 g/mol. The van der Waals surface area contributed by atoms with E-state index in [9.17, 15) is 0 Å². The Balaban J connectivity index is 1.09. The lowest BCUT2D eigenvalue weighted by molar-refractivity contribution is 1.02. The van der Waals surface area contributed by atoms with Crippen molar-refractivity contribution in [2.75, 3.05) is 21.3 Å². The molecule has 1 aliphatic carbocycles. The normalized spacial score (nSPS) is 12.4. The third kappa shape index (κ3) is 6.73. The molecule has 0 saturated heterocycles. The van der Waals surface area contributed by atoms with Crippen molar-refractivity contribution in [3.05, 3.63) is 150 Å². The maximum absolute atomic E-state index is 3.55. The van der Waals surface area contributed by atoms with Crippen molar-refractivity contribution >= 4 is 39.8 Å². The molecule has 0 spiro atoms. The van der Waals surface area contributed by atoms with Gasteiger partial charge in [-0.3, -0.25) is 0 Å². The van der Waals surface area contributed by atoms with E-state index in [1.165, 1.54) is 22.3 Å². The van der Waals surface area contributed by atoms with Gasteiger partial charge in [-0.2, -0.15) is 0 Å². The fourth-order valence-electron chi connectivity index (χ4n) is 5.26. The first-order chi connectivity index (χ1) is 20.6. The van der Waals surface area contributed by atoms with Gasteiger partial charge in [0.25, 0.3) is 0 Å². The molecule has 208 valence electrons. The molecule has 0 radical (unpaired) electrons. The Labute approximate surface area is 248 Å². The van der Waals surface area contributed by atoms with Crippen LogP contribution in [0.1, 0.15) is 24.0 Å². The summed E-state index contributed by atoms with van der Waals surface area (Å²) in [5, 5.41) is 14.0. The van der Waals surface area contributed by atoms with Crippen LogP contribution in [0, 0.1) is 13.8 Å². The van der Waals surface area contributed by atoms with E-state index in [0.717, 1.165) is 58.4 Å². The number of para-hydroxylation sites is 1. The second-order valence-electron chi connectivity index (χ2n) is 10.7. The molecule has 0 unspecified atom stereocenters. The predicted octanol–water partition coefficient (Wildman–Crippen LogP) is 10.8. The molecule has 1 aliphatic rings. The van der Waals surface area contributed by atoms with Gasteiger partial charge in [0.15, 0.2) is 0 Å². The highest BCUT2D eigenvalue weighted by molar-refractivity contribution is 5.77. The van der Waals surface area contributed by atoms with Crippen LogP contribution in [0.4, 0.5) is 39.8 Å². The first-order valence-corrected chi connectivity index (χ1v) is 14.5. The van der Waals surface area contributed by atoms with Crippen molar-refractivity contribution in [2.45, 2.75) is 26.7 Å². The Morgan fingerprint density at radius 1 is 0.429 bits per heavy atom. The van der Waals surface area contributed by atoms with Crippen LogP contribution in [0.5, 0.6) is 0 Å². The summed E-state index contributed by atoms with van der Waals surface area (Å²) in [7, 11) is 0. The fraction of sp³-hybridized carbons (Fsp3) is 0.105. The van der Waals surface area contributed by atoms with Gasteiger partial charge in [0.2, 0.25) is 0 Å². The van der Waals surface area contributed by atoms with Crippen molar-refractivity contribution in [2.24, 2.45) is 0 Å². The topological polar surface area (TPSA) is 48.1 Å². The zero-order chi connectivity index (χ0) is 28.7. The zero-order valence-corrected chi connectivity index (χ0v) is 24.1. The highest BCUT2D eigenvalue weighted by atomic mass is 14.9. The lowest BCUT2D eigenvalue weighted by Crippen LogP contribution is -1.99. The van der Waals surface area contributed by atoms with Crippen molar-refractivity contribution in [3.63, 3.8) is 0 Å². The van der Waals surface area contributed by atoms with E-state index in [0.29, 0.717) is 0 Å². The number of aryl methyl sites for hydroxylation is 2. The summed E-state index contributed by atoms with van der Waals surface area (Å²) in [6.07, 6.45) is 8.82. The van der Waals surface area contributed by atoms with E-state index in [-0.39, 0.29) is 0 Å². The van der Waals surface area contributed by atoms with Gasteiger partial charge in [0.05, 0.1) is 0 Å². The van der Waals surface area contributed by atoms with Crippen molar-refractivity contribution in [1.29, 1.82) is 0 Å². The smallest absolute Gasteiger partial charge is 0.0387 e. The average Bonchev–Trinajstić information content (AvgIpc) is 3.01. The minimum atomic E-state index is 1.05. The largest absolute Gasteiger partial charge is 0.356 e. The molecule has 0 amide bonds. The van der Waals surface area contributed by atoms with Gasteiger partial charge in [-0.15, -0.1) is 0 Å². The molecule has 0 bridgehead atoms. The predicted molar refractivity (Wildman–Crippen MR) is 181 cm³/mol. The van der Waals surface area contributed by atoms with Crippen LogP contribution in [0.2, 0.25) is 0 Å². The van der Waals surface area contributed by atoms with Crippen LogP contribution in [-0.2, 0) is 0 Å². The molecule has 42 heavy (non-hydrogen) atoms. The number of anilines is 7. The summed E-state index contributed by atoms with van der Waals surface area (Å²) in [5.41, 5.74) is 13.6. The molecular weight excluding hydrogens is 512 g/mol. The molecule has 4 heteroatoms. The molecule has 4 nitrogen and oxygen atoms in total. The van der Waals surface area contributed by atoms with E-state index in [1.54, 1.807) is 0 Å². The van der Waals surface area contributed by atoms with Crippen LogP contribution < -0.4 is 21.3 Å². The summed E-state index contributed by atoms with van der Waals surface area (Å²) < 4.78 is 0. The molecular formula is C38H36N4. The maximum atomic E-state index is 3.55. The number of nitrogens with one attached hydrogen (secondary N) is 4. The number of hydrogen-bond acceptors (Lipinski definition) is 4. The van der Waals surface area contributed by atoms with E-state index in [2.05, 4.69) is 150 Å². The Morgan fingerprint density at radius 2 is 0.857 bits per heavy atom. The number of hydrogen-bond donors (Lipinski definition) is 4. The zero-order valence-electron chi connectivity index (χ0n) is 24.1. The summed E-state index contributed by atoms with van der Waals surface area (Å²) in [5.74, 6) is 0. The quantitative estimate of drug-likeness (QED) is 0.148. The minimum Gasteiger partial charge on any atom is -0.356 e. The fourth-order valence-corrected chi connectivity index (χ4v) is 5.26. The maximum Gasteiger partial charge on any atom is 0.0387 e. The second-order valence-corrected chi connectivity index (χ2v) is 10.7. The lowest BCUT2D eigenvalue weighted by Gasteiger charge is -2.15. The molecule has 4 N–H and O–H groups in total. The number of benzene rings is 5. The highest BCUT2D eigenvalue weighted by Gasteiger charge is 2.08. The summed E-state index contributed by atoms with van der Waals surface area (Å²) in [6, 6.07) is 40.2. The molecule has 0 fully saturated rings. The average molecular weight is 549 g/mol. The van der Waals surface area contributed by atoms with Crippen LogP contribution in [-0.4, -0.2) is 0 Å². The summed E-state index contributed by atoms with van der Waals surface area (Å²) in [6.45, 7) is 4.35. The van der Waals surface area contributed by atoms with Gasteiger partial charge in [-0.05, 0) is 140 Å². The first-order valence-electron chi connectivity index (χ1n) is 14.5. The Bertz CT molecular complexity index is 1720. The second kappa shape index (κ2) is 12.5. The molecule has 5 aromatic rings. The Kier molecular flexibility index (Phi) is 8.05. The Hall–Kier alpha value is -5.22. The van der Waals surface area contributed by atoms with Crippen molar-refractivity contribution in [3.8, 4) is 11.1 Å². The molecule has 0 aromatic heterocycles. The van der Waals surface area contributed by atoms with Gasteiger partial charge in [-0.1, -0.05) is 42.5 Å². The van der Waals surface area contributed by atoms with E-state index < -0.39 is 0 Å². The van der Waals surface area contributed by atoms with Crippen molar-refractivity contribution < 1.29 is 0 Å². The lowest BCUT2D eigenvalue weighted by atomic mass is 9.95. The van der Waals surface area contributed by atoms with E-state index in [1.807, 2.05) is 18.2 Å². The number of allylic oxidation sites excluding steroid dienone is 3. The summed E-state index contributed by atoms with van der Waals surface area (Å²) in [4.78, 5) is 0. The molecule has 0 aliphatic heterocycles. The van der Waals surface area contributed by atoms with E-state index in [4.69, 9.17) is 0 Å². The van der Waals surface area contributed by atoms with Gasteiger partial charge in [-0.25, -0.2) is 0 Å². The minimum absolute atomic E-state index is 1.05. The third-order valence-electron chi connectivity index (χ3n) is 7.44. The van der Waals surface area contributed by atoms with E-state index >= 15 is 0 Å². The molecule has 0 heterocycles. The molecule has 0 saturated carbocycles. The van der Waals surface area contributed by atoms with Crippen molar-refractivity contribution in [1.82, 2.24) is 0 Å². The molecule has 5 aromatic carbocycles. The standard InChI is InChI=1S/C38H36N4/c1-27-25-35(41-33-17-13-31(14-18-33)39-29-9-5-3-6-10-29)21-23-37(27)38-24-22-36(26-28(38)2)42-34-19-15-32(16-20-34)40-30-11-7-4-8-12-30/h3,5-7,9-26,39-42H,4,8H2,1-2H3. The van der Waals surface area contributed by atoms with Crippen LogP contribution in [0.15, 0.2) is 139 Å². The molecule has 0 atom stereocenters. The van der Waals surface area contributed by atoms with Crippen LogP contribution in [0.25, 0.3) is 11.1 Å². The van der Waals surface area contributed by atoms with Gasteiger partial charge in [0, 0.05) is 45.5 Å². The van der Waals surface area contributed by atoms with Gasteiger partial charge in [0.1, 0.15) is 0 Å². The first kappa shape index (κ1) is 27.0. The SMILES string of the molecule is Cc1cc(Nc2ccc(NC3=CCCC=C3)cc2)ccc1-c1ccc(Nc2ccc(Nc3ccccc3)cc2)cc1C. The van der Waals surface area contributed by atoms with Crippen LogP contribution in [0.3, 0.4) is 0 Å². The van der Waals surface area contributed by atoms with Gasteiger partial charge < -0.3 is 21.3 Å².